The van der Waals surface area contributed by atoms with Crippen LogP contribution in [0.25, 0.3) is 5.82 Å². The number of nitrogens with zero attached hydrogens (tertiary/aromatic N) is 2. The van der Waals surface area contributed by atoms with E-state index in [-0.39, 0.29) is 10.8 Å². The van der Waals surface area contributed by atoms with Gasteiger partial charge >= 0.3 is 6.18 Å². The summed E-state index contributed by atoms with van der Waals surface area (Å²) in [6.45, 7) is 1.55. The Hall–Kier alpha value is -1.53. The Kier molecular flexibility index (Phi) is 3.56. The molecule has 2 rings (SSSR count). The molecule has 0 radical (unpaired) electrons. The number of aliphatic hydroxyl groups is 1. The predicted octanol–water partition coefficient (Wildman–Crippen LogP) is 3.60. The van der Waals surface area contributed by atoms with E-state index in [0.29, 0.717) is 11.9 Å². The zero-order valence-electron chi connectivity index (χ0n) is 9.82. The van der Waals surface area contributed by atoms with Gasteiger partial charge in [0.2, 0.25) is 0 Å². The van der Waals surface area contributed by atoms with Crippen molar-refractivity contribution in [3.63, 3.8) is 0 Å². The molecule has 0 saturated carbocycles. The summed E-state index contributed by atoms with van der Waals surface area (Å²) in [6.07, 6.45) is -2.98. The number of pyridine rings is 1. The molecule has 0 aliphatic rings. The lowest BCUT2D eigenvalue weighted by Crippen LogP contribution is -2.09. The van der Waals surface area contributed by atoms with E-state index in [1.54, 1.807) is 25.3 Å². The van der Waals surface area contributed by atoms with E-state index in [0.717, 1.165) is 6.07 Å². The molecule has 0 aliphatic carbocycles. The lowest BCUT2D eigenvalue weighted by Gasteiger charge is -2.13. The molecule has 0 saturated heterocycles. The second kappa shape index (κ2) is 4.86. The van der Waals surface area contributed by atoms with E-state index in [1.165, 1.54) is 4.57 Å². The fourth-order valence-electron chi connectivity index (χ4n) is 1.69. The maximum atomic E-state index is 12.5. The van der Waals surface area contributed by atoms with E-state index in [9.17, 15) is 18.3 Å². The van der Waals surface area contributed by atoms with Gasteiger partial charge in [-0.15, -0.1) is 0 Å². The summed E-state index contributed by atoms with van der Waals surface area (Å²) in [5, 5.41) is 9.43. The summed E-state index contributed by atoms with van der Waals surface area (Å²) in [7, 11) is 0. The molecule has 2 aromatic heterocycles. The second-order valence-corrected chi connectivity index (χ2v) is 4.41. The van der Waals surface area contributed by atoms with Gasteiger partial charge in [0.25, 0.3) is 0 Å². The smallest absolute Gasteiger partial charge is 0.387 e. The minimum absolute atomic E-state index is 0.132. The first kappa shape index (κ1) is 13.9. The van der Waals surface area contributed by atoms with Crippen LogP contribution >= 0.6 is 11.6 Å². The number of aliphatic hydroxyl groups excluding tert-OH is 1. The highest BCUT2D eigenvalue weighted by molar-refractivity contribution is 6.32. The van der Waals surface area contributed by atoms with E-state index in [2.05, 4.69) is 4.98 Å². The van der Waals surface area contributed by atoms with Gasteiger partial charge in [-0.1, -0.05) is 11.6 Å². The van der Waals surface area contributed by atoms with Crippen LogP contribution in [0.15, 0.2) is 30.6 Å². The molecule has 0 bridgehead atoms. The van der Waals surface area contributed by atoms with Crippen molar-refractivity contribution in [3.05, 3.63) is 46.9 Å². The molecule has 1 unspecified atom stereocenters. The first-order valence-electron chi connectivity index (χ1n) is 5.39. The van der Waals surface area contributed by atoms with Crippen molar-refractivity contribution in [1.29, 1.82) is 0 Å². The summed E-state index contributed by atoms with van der Waals surface area (Å²) in [6, 6.07) is 4.10. The van der Waals surface area contributed by atoms with Crippen LogP contribution in [0.1, 0.15) is 24.3 Å². The first-order valence-corrected chi connectivity index (χ1v) is 5.77. The Balaban J connectivity index is 2.50. The summed E-state index contributed by atoms with van der Waals surface area (Å²) in [5.74, 6) is 0.149. The van der Waals surface area contributed by atoms with Gasteiger partial charge in [0, 0.05) is 12.4 Å². The van der Waals surface area contributed by atoms with E-state index in [1.807, 2.05) is 0 Å². The number of halogens is 4. The monoisotopic (exact) mass is 290 g/mol. The minimum Gasteiger partial charge on any atom is -0.387 e. The fourth-order valence-corrected chi connectivity index (χ4v) is 1.95. The van der Waals surface area contributed by atoms with Gasteiger partial charge in [-0.3, -0.25) is 0 Å². The molecule has 0 spiro atoms. The number of rotatable bonds is 2. The third-order valence-corrected chi connectivity index (χ3v) is 2.86. The van der Waals surface area contributed by atoms with Gasteiger partial charge in [-0.2, -0.15) is 13.2 Å². The number of hydrogen-bond donors (Lipinski definition) is 1. The third kappa shape index (κ3) is 2.74. The van der Waals surface area contributed by atoms with Gasteiger partial charge in [-0.25, -0.2) is 4.98 Å². The molecule has 102 valence electrons. The first-order chi connectivity index (χ1) is 8.80. The van der Waals surface area contributed by atoms with Crippen molar-refractivity contribution in [1.82, 2.24) is 9.55 Å². The van der Waals surface area contributed by atoms with Gasteiger partial charge in [0.15, 0.2) is 5.82 Å². The van der Waals surface area contributed by atoms with Gasteiger partial charge in [-0.05, 0) is 25.1 Å². The second-order valence-electron chi connectivity index (χ2n) is 4.01. The molecule has 3 nitrogen and oxygen atoms in total. The lowest BCUT2D eigenvalue weighted by molar-refractivity contribution is -0.137. The molecule has 2 aromatic rings. The lowest BCUT2D eigenvalue weighted by atomic mass is 10.2. The molecular weight excluding hydrogens is 281 g/mol. The molecule has 0 fully saturated rings. The Labute approximate surface area is 112 Å². The van der Waals surface area contributed by atoms with Crippen LogP contribution in [0.2, 0.25) is 5.02 Å². The van der Waals surface area contributed by atoms with Gasteiger partial charge < -0.3 is 9.67 Å². The van der Waals surface area contributed by atoms with Crippen LogP contribution in [-0.4, -0.2) is 14.7 Å². The number of hydrogen-bond acceptors (Lipinski definition) is 2. The van der Waals surface area contributed by atoms with E-state index in [4.69, 9.17) is 11.6 Å². The summed E-state index contributed by atoms with van der Waals surface area (Å²) >= 11 is 5.84. The molecule has 1 atom stereocenters. The number of alkyl halides is 3. The maximum absolute atomic E-state index is 12.5. The molecule has 0 amide bonds. The SMILES string of the molecule is CC(O)c1cccn1-c1ncc(C(F)(F)F)cc1Cl. The Morgan fingerprint density at radius 3 is 2.63 bits per heavy atom. The summed E-state index contributed by atoms with van der Waals surface area (Å²) < 4.78 is 39.0. The standard InChI is InChI=1S/C12H10ClF3N2O/c1-7(19)10-3-2-4-18(10)11-9(13)5-8(6-17-11)12(14,15)16/h2-7,19H,1H3. The highest BCUT2D eigenvalue weighted by Crippen LogP contribution is 2.32. The van der Waals surface area contributed by atoms with Gasteiger partial charge in [0.05, 0.1) is 22.4 Å². The maximum Gasteiger partial charge on any atom is 0.417 e. The largest absolute Gasteiger partial charge is 0.417 e. The number of aromatic nitrogens is 2. The summed E-state index contributed by atoms with van der Waals surface area (Å²) in [4.78, 5) is 3.73. The highest BCUT2D eigenvalue weighted by Gasteiger charge is 2.31. The summed E-state index contributed by atoms with van der Waals surface area (Å²) in [5.41, 5.74) is -0.416. The normalized spacial score (nSPS) is 13.6. The van der Waals surface area contributed by atoms with Crippen molar-refractivity contribution in [2.75, 3.05) is 0 Å². The van der Waals surface area contributed by atoms with Crippen molar-refractivity contribution in [2.45, 2.75) is 19.2 Å². The average Bonchev–Trinajstić information content (AvgIpc) is 2.76. The Morgan fingerprint density at radius 2 is 2.11 bits per heavy atom. The Bertz CT molecular complexity index is 593. The fraction of sp³-hybridized carbons (Fsp3) is 0.250. The molecule has 0 aliphatic heterocycles. The molecule has 7 heteroatoms. The molecule has 0 aromatic carbocycles. The van der Waals surface area contributed by atoms with Crippen LogP contribution in [0, 0.1) is 0 Å². The van der Waals surface area contributed by atoms with Crippen LogP contribution < -0.4 is 0 Å². The van der Waals surface area contributed by atoms with Crippen LogP contribution in [-0.2, 0) is 6.18 Å². The topological polar surface area (TPSA) is 38.0 Å². The van der Waals surface area contributed by atoms with Crippen molar-refractivity contribution >= 4 is 11.6 Å². The highest BCUT2D eigenvalue weighted by atomic mass is 35.5. The Morgan fingerprint density at radius 1 is 1.42 bits per heavy atom. The van der Waals surface area contributed by atoms with Crippen LogP contribution in [0.3, 0.4) is 0 Å². The average molecular weight is 291 g/mol. The van der Waals surface area contributed by atoms with Crippen molar-refractivity contribution < 1.29 is 18.3 Å². The van der Waals surface area contributed by atoms with Gasteiger partial charge in [0.1, 0.15) is 0 Å². The minimum atomic E-state index is -4.49. The quantitative estimate of drug-likeness (QED) is 0.918. The molecule has 2 heterocycles. The zero-order chi connectivity index (χ0) is 14.2. The zero-order valence-corrected chi connectivity index (χ0v) is 10.6. The predicted molar refractivity (Wildman–Crippen MR) is 64.2 cm³/mol. The van der Waals surface area contributed by atoms with E-state index < -0.39 is 17.8 Å². The molecule has 1 N–H and O–H groups in total. The van der Waals surface area contributed by atoms with Crippen LogP contribution in [0.4, 0.5) is 13.2 Å². The third-order valence-electron chi connectivity index (χ3n) is 2.59. The molecular formula is C12H10ClF3N2O. The molecule has 19 heavy (non-hydrogen) atoms. The van der Waals surface area contributed by atoms with Crippen LogP contribution in [0.5, 0.6) is 0 Å². The van der Waals surface area contributed by atoms with Crippen molar-refractivity contribution in [2.24, 2.45) is 0 Å². The van der Waals surface area contributed by atoms with Crippen molar-refractivity contribution in [3.8, 4) is 5.82 Å². The van der Waals surface area contributed by atoms with E-state index >= 15 is 0 Å².